The van der Waals surface area contributed by atoms with Crippen LogP contribution in [0.4, 0.5) is 49.9 Å². The molecule has 0 spiro atoms. The predicted molar refractivity (Wildman–Crippen MR) is 508 cm³/mol. The summed E-state index contributed by atoms with van der Waals surface area (Å²) < 4.78 is 61.1. The number of likely N-dealkylation sites (N-methyl/N-ethyl adjacent to an activating group) is 1. The summed E-state index contributed by atoms with van der Waals surface area (Å²) in [5.41, 5.74) is 32.0. The molecule has 0 unspecified atom stereocenters. The number of nitrogens with zero attached hydrogens (tertiary/aromatic N) is 23. The molecule has 8 aromatic carbocycles. The van der Waals surface area contributed by atoms with Crippen LogP contribution in [0.5, 0.6) is 40.2 Å². The van der Waals surface area contributed by atoms with Gasteiger partial charge in [0.1, 0.15) is 69.9 Å². The highest BCUT2D eigenvalue weighted by atomic mass is 35.5. The molecule has 1 amide bonds. The van der Waals surface area contributed by atoms with Gasteiger partial charge in [0.2, 0.25) is 5.91 Å². The van der Waals surface area contributed by atoms with Crippen molar-refractivity contribution in [3.63, 3.8) is 0 Å². The van der Waals surface area contributed by atoms with Gasteiger partial charge in [-0.25, -0.2) is 24.3 Å². The fourth-order valence-electron chi connectivity index (χ4n) is 14.5. The third-order valence-corrected chi connectivity index (χ3v) is 21.3. The van der Waals surface area contributed by atoms with Crippen LogP contribution >= 0.6 is 11.6 Å². The zero-order valence-corrected chi connectivity index (χ0v) is 75.9. The van der Waals surface area contributed by atoms with E-state index in [0.717, 1.165) is 144 Å². The monoisotopic (exact) mass is 1800 g/mol. The van der Waals surface area contributed by atoms with Crippen molar-refractivity contribution in [2.24, 2.45) is 32.6 Å². The number of aliphatic hydroxyl groups is 1. The van der Waals surface area contributed by atoms with Gasteiger partial charge in [-0.15, -0.1) is 5.10 Å². The second-order valence-electron chi connectivity index (χ2n) is 30.1. The third kappa shape index (κ3) is 22.6. The van der Waals surface area contributed by atoms with E-state index in [1.165, 1.54) is 12.1 Å². The second kappa shape index (κ2) is 43.5. The van der Waals surface area contributed by atoms with Gasteiger partial charge in [-0.05, 0) is 91.7 Å². The van der Waals surface area contributed by atoms with Crippen molar-refractivity contribution < 1.29 is 47.4 Å². The Hall–Kier alpha value is -15.5. The number of hydrogen-bond donors (Lipinski definition) is 4. The van der Waals surface area contributed by atoms with Crippen LogP contribution in [0.15, 0.2) is 220 Å². The lowest BCUT2D eigenvalue weighted by atomic mass is 10.1. The van der Waals surface area contributed by atoms with E-state index in [1.54, 1.807) is 136 Å². The highest BCUT2D eigenvalue weighted by molar-refractivity contribution is 6.35. The topological polar surface area (TPSA) is 384 Å². The lowest BCUT2D eigenvalue weighted by Crippen LogP contribution is -2.25. The molecule has 17 rings (SSSR count). The maximum Gasteiger partial charge on any atom is 0.241 e. The lowest BCUT2D eigenvalue weighted by Gasteiger charge is -2.27. The standard InChI is InChI=1S/C26H28N8O2.C24H27N7O3.C23H24ClN5O2.C22H23FN6O2/c1-5-8-33-16-19(30-31-33)17-34(21-9-22(35-3)12-23(10-21)36-4)20-6-7-24-25(11-20)29-26(14-27-24)18-13-28-32(2)15-18;1-26-24(32)15-30-14-16(12-28-30)23-13-27-21-5-4-17(10-22(21)29-23)31(7-6-25)18-8-19(33-2)11-20(9-18)34-3;1-5-8-29(21-10-17(30-3)11-22(31-4)23(21)24)16-6-7-18-19(9-16)27-20(13-25-18)15-12-26-28(2)14-15;1-28-14-15(12-26-28)22-13-25-20-3-2-17(11-21(20)27-22)29(5-4-24)18-8-16(23)9-19(10-18)31-7-6-30/h6-7,9-16H,5,8,17H2,1-4H3;4-5,8-14H,6-7,15,25H2,1-3H3,(H,26,32);6-7,9-14H,5,8H2,1-4H3;2-3,8-14,30H,4-7,24H2,1H3. The molecule has 0 aliphatic carbocycles. The number of aliphatic hydroxyl groups excluding tert-OH is 1. The Bertz CT molecular complexity index is 6780. The molecular formula is C95H102ClFN26O9. The van der Waals surface area contributed by atoms with Crippen molar-refractivity contribution in [3.8, 4) is 85.3 Å². The number of aromatic nitrogens is 19. The summed E-state index contributed by atoms with van der Waals surface area (Å²) in [6.45, 7) is 8.26. The number of anilines is 8. The minimum absolute atomic E-state index is 0.0858. The van der Waals surface area contributed by atoms with Crippen LogP contribution in [0.2, 0.25) is 5.02 Å². The van der Waals surface area contributed by atoms with Gasteiger partial charge in [-0.3, -0.25) is 48.1 Å². The van der Waals surface area contributed by atoms with Gasteiger partial charge >= 0.3 is 0 Å². The largest absolute Gasteiger partial charge is 0.497 e. The summed E-state index contributed by atoms with van der Waals surface area (Å²) in [5.74, 6) is 3.79. The molecule has 37 heteroatoms. The number of rotatable bonds is 33. The molecule has 0 aliphatic heterocycles. The number of carbonyl (C=O) groups is 1. The molecule has 0 aliphatic rings. The van der Waals surface area contributed by atoms with Gasteiger partial charge in [-0.1, -0.05) is 30.7 Å². The summed E-state index contributed by atoms with van der Waals surface area (Å²) in [6.07, 6.45) is 25.3. The third-order valence-electron chi connectivity index (χ3n) is 20.9. The fourth-order valence-corrected chi connectivity index (χ4v) is 14.8. The molecule has 9 aromatic heterocycles. The molecule has 680 valence electrons. The lowest BCUT2D eigenvalue weighted by molar-refractivity contribution is -0.121. The van der Waals surface area contributed by atoms with Crippen molar-refractivity contribution in [2.75, 3.05) is 115 Å². The maximum absolute atomic E-state index is 14.2. The Labute approximate surface area is 765 Å². The number of aryl methyl sites for hydroxylation is 4. The van der Waals surface area contributed by atoms with E-state index >= 15 is 0 Å². The van der Waals surface area contributed by atoms with E-state index in [2.05, 4.69) is 84.5 Å². The summed E-state index contributed by atoms with van der Waals surface area (Å²) in [6, 6.07) is 43.2. The van der Waals surface area contributed by atoms with Crippen LogP contribution in [0.3, 0.4) is 0 Å². The first kappa shape index (κ1) is 92.6. The highest BCUT2D eigenvalue weighted by Gasteiger charge is 2.24. The van der Waals surface area contributed by atoms with Gasteiger partial charge < -0.3 is 74.6 Å². The quantitative estimate of drug-likeness (QED) is 0.0297. The van der Waals surface area contributed by atoms with Gasteiger partial charge in [0.05, 0.1) is 184 Å². The van der Waals surface area contributed by atoms with E-state index in [-0.39, 0.29) is 25.7 Å². The van der Waals surface area contributed by atoms with E-state index in [0.29, 0.717) is 101 Å². The SMILES string of the molecule is CCCN(c1ccc2ncc(-c3cnn(C)c3)nc2c1)c1cc(OC)cc(OC)c1Cl.CCCn1cc(CN(c2cc(OC)cc(OC)c2)c2ccc3ncc(-c4cnn(C)c4)nc3c2)nn1.CNC(=O)Cn1cc(-c2cnc3ccc(N(CCN)c4cc(OC)cc(OC)c4)cc3n2)cn1.Cn1cc(-c2cnc3ccc(N(CCN)c4cc(F)cc(OCCO)c4)cc3n2)cn1. The molecule has 132 heavy (non-hydrogen) atoms. The normalized spacial score (nSPS) is 11.0. The van der Waals surface area contributed by atoms with Gasteiger partial charge in [0.25, 0.3) is 0 Å². The van der Waals surface area contributed by atoms with E-state index in [1.807, 2.05) is 171 Å². The number of ether oxygens (including phenoxy) is 7. The van der Waals surface area contributed by atoms with Crippen molar-refractivity contribution in [3.05, 3.63) is 237 Å². The molecular weight excluding hydrogens is 1700 g/mol. The fraction of sp³-hybridized carbons (Fsp3) is 0.253. The van der Waals surface area contributed by atoms with Crippen molar-refractivity contribution in [1.29, 1.82) is 0 Å². The van der Waals surface area contributed by atoms with Gasteiger partial charge in [-0.2, -0.15) is 20.4 Å². The number of fused-ring (bicyclic) bond motifs is 4. The molecule has 6 N–H and O–H groups in total. The molecule has 0 saturated carbocycles. The molecule has 0 atom stereocenters. The zero-order valence-electron chi connectivity index (χ0n) is 75.2. The van der Waals surface area contributed by atoms with Crippen LogP contribution in [-0.2, 0) is 45.6 Å². The minimum Gasteiger partial charge on any atom is -0.497 e. The van der Waals surface area contributed by atoms with Crippen LogP contribution < -0.4 is 69.5 Å². The first-order chi connectivity index (χ1) is 64.2. The van der Waals surface area contributed by atoms with Crippen LogP contribution in [0.25, 0.3) is 89.2 Å². The molecule has 9 heterocycles. The Morgan fingerprint density at radius 2 is 0.848 bits per heavy atom. The van der Waals surface area contributed by atoms with Crippen molar-refractivity contribution in [1.82, 2.24) is 99.3 Å². The smallest absolute Gasteiger partial charge is 0.241 e. The van der Waals surface area contributed by atoms with Crippen molar-refractivity contribution >= 4 is 107 Å². The van der Waals surface area contributed by atoms with Crippen LogP contribution in [-0.4, -0.2) is 201 Å². The summed E-state index contributed by atoms with van der Waals surface area (Å²) in [7, 11) is 17.0. The molecule has 35 nitrogen and oxygen atoms in total. The number of nitrogens with two attached hydrogens (primary N) is 2. The Balaban J connectivity index is 0.000000142. The first-order valence-corrected chi connectivity index (χ1v) is 42.7. The summed E-state index contributed by atoms with van der Waals surface area (Å²) in [4.78, 5) is 57.4. The number of benzene rings is 8. The highest BCUT2D eigenvalue weighted by Crippen LogP contribution is 2.44. The number of carbonyl (C=O) groups excluding carboxylic acids is 1. The predicted octanol–water partition coefficient (Wildman–Crippen LogP) is 14.6. The van der Waals surface area contributed by atoms with E-state index in [4.69, 9.17) is 81.3 Å². The molecule has 17 aromatic rings. The van der Waals surface area contributed by atoms with E-state index < -0.39 is 5.82 Å². The van der Waals surface area contributed by atoms with Crippen LogP contribution in [0.1, 0.15) is 32.4 Å². The van der Waals surface area contributed by atoms with Crippen molar-refractivity contribution in [2.45, 2.75) is 46.3 Å². The first-order valence-electron chi connectivity index (χ1n) is 42.3. The number of halogens is 2. The number of methoxy groups -OCH3 is 6. The summed E-state index contributed by atoms with van der Waals surface area (Å²) in [5, 5.41) is 37.7. The van der Waals surface area contributed by atoms with E-state index in [9.17, 15) is 9.18 Å². The second-order valence-corrected chi connectivity index (χ2v) is 30.5. The average Bonchev–Trinajstić information content (AvgIpc) is 1.28. The molecule has 0 radical (unpaired) electrons. The minimum atomic E-state index is -0.438. The number of amides is 1. The molecule has 0 fully saturated rings. The Kier molecular flexibility index (Phi) is 30.5. The maximum atomic E-state index is 14.2. The van der Waals surface area contributed by atoms with Gasteiger partial charge in [0.15, 0.2) is 0 Å². The summed E-state index contributed by atoms with van der Waals surface area (Å²) >= 11 is 6.68. The average molecular weight is 1810 g/mol. The Morgan fingerprint density at radius 3 is 1.25 bits per heavy atom. The Morgan fingerprint density at radius 1 is 0.439 bits per heavy atom. The van der Waals surface area contributed by atoms with Crippen LogP contribution in [0, 0.1) is 5.82 Å². The molecule has 0 bridgehead atoms. The molecule has 0 saturated heterocycles. The van der Waals surface area contributed by atoms with Gasteiger partial charge in [0, 0.05) is 215 Å². The number of hydrogen-bond acceptors (Lipinski definition) is 29. The number of nitrogens with one attached hydrogen (secondary N) is 1. The zero-order chi connectivity index (χ0) is 92.9.